The zero-order valence-electron chi connectivity index (χ0n) is 13.5. The fraction of sp³-hybridized carbons (Fsp3) is 0.688. The maximum absolute atomic E-state index is 4.88. The first-order valence-electron chi connectivity index (χ1n) is 7.22. The topological polar surface area (TPSA) is 28.2 Å². The summed E-state index contributed by atoms with van der Waals surface area (Å²) in [5, 5.41) is 3.23. The van der Waals surface area contributed by atoms with Gasteiger partial charge in [0.25, 0.3) is 0 Å². The summed E-state index contributed by atoms with van der Waals surface area (Å²) in [5.41, 5.74) is 2.54. The number of pyridine rings is 1. The second-order valence-corrected chi connectivity index (χ2v) is 6.38. The molecule has 0 aliphatic rings. The van der Waals surface area contributed by atoms with Crippen LogP contribution in [0.15, 0.2) is 12.1 Å². The van der Waals surface area contributed by atoms with Crippen molar-refractivity contribution in [3.8, 4) is 0 Å². The molecule has 1 aromatic heterocycles. The van der Waals surface area contributed by atoms with Gasteiger partial charge in [0.05, 0.1) is 0 Å². The van der Waals surface area contributed by atoms with Crippen LogP contribution < -0.4 is 10.2 Å². The summed E-state index contributed by atoms with van der Waals surface area (Å²) in [6.45, 7) is 15.1. The molecule has 108 valence electrons. The van der Waals surface area contributed by atoms with Crippen LogP contribution in [0, 0.1) is 0 Å². The van der Waals surface area contributed by atoms with Gasteiger partial charge in [-0.25, -0.2) is 4.98 Å². The number of aromatic nitrogens is 1. The lowest BCUT2D eigenvalue weighted by Gasteiger charge is -2.29. The second kappa shape index (κ2) is 6.38. The highest BCUT2D eigenvalue weighted by Crippen LogP contribution is 2.25. The van der Waals surface area contributed by atoms with Crippen LogP contribution in [0.2, 0.25) is 0 Å². The highest BCUT2D eigenvalue weighted by Gasteiger charge is 2.19. The summed E-state index contributed by atoms with van der Waals surface area (Å²) < 4.78 is 0. The van der Waals surface area contributed by atoms with Crippen molar-refractivity contribution in [3.05, 3.63) is 23.4 Å². The Labute approximate surface area is 118 Å². The molecule has 1 N–H and O–H groups in total. The van der Waals surface area contributed by atoms with Crippen LogP contribution in [-0.4, -0.2) is 24.6 Å². The van der Waals surface area contributed by atoms with Crippen LogP contribution in [0.25, 0.3) is 0 Å². The molecular formula is C16H29N3. The maximum Gasteiger partial charge on any atom is 0.129 e. The van der Waals surface area contributed by atoms with Crippen molar-refractivity contribution in [1.82, 2.24) is 10.3 Å². The summed E-state index contributed by atoms with van der Waals surface area (Å²) in [7, 11) is 1.98. The Hall–Kier alpha value is -1.09. The van der Waals surface area contributed by atoms with Gasteiger partial charge in [0.15, 0.2) is 0 Å². The average Bonchev–Trinajstić information content (AvgIpc) is 2.28. The molecule has 0 fully saturated rings. The van der Waals surface area contributed by atoms with E-state index in [0.29, 0.717) is 6.04 Å². The summed E-state index contributed by atoms with van der Waals surface area (Å²) in [6, 6.07) is 4.89. The lowest BCUT2D eigenvalue weighted by molar-refractivity contribution is 0.563. The molecule has 0 aliphatic carbocycles. The molecule has 1 rings (SSSR count). The minimum Gasteiger partial charge on any atom is -0.354 e. The van der Waals surface area contributed by atoms with Gasteiger partial charge in [-0.2, -0.15) is 0 Å². The number of nitrogens with zero attached hydrogens (tertiary/aromatic N) is 2. The van der Waals surface area contributed by atoms with E-state index in [1.165, 1.54) is 5.56 Å². The quantitative estimate of drug-likeness (QED) is 0.883. The van der Waals surface area contributed by atoms with Gasteiger partial charge >= 0.3 is 0 Å². The molecule has 0 saturated heterocycles. The molecule has 0 aromatic carbocycles. The molecule has 0 bridgehead atoms. The third kappa shape index (κ3) is 4.20. The molecule has 0 atom stereocenters. The van der Waals surface area contributed by atoms with E-state index in [1.54, 1.807) is 0 Å². The van der Waals surface area contributed by atoms with Crippen LogP contribution in [0.1, 0.15) is 52.8 Å². The summed E-state index contributed by atoms with van der Waals surface area (Å²) >= 11 is 0. The molecule has 0 radical (unpaired) electrons. The lowest BCUT2D eigenvalue weighted by atomic mass is 9.90. The molecule has 0 saturated carbocycles. The normalized spacial score (nSPS) is 12.0. The van der Waals surface area contributed by atoms with E-state index in [0.717, 1.165) is 24.6 Å². The molecule has 1 heterocycles. The zero-order chi connectivity index (χ0) is 14.6. The molecular weight excluding hydrogens is 234 g/mol. The van der Waals surface area contributed by atoms with Crippen molar-refractivity contribution in [3.63, 3.8) is 0 Å². The van der Waals surface area contributed by atoms with Crippen molar-refractivity contribution in [2.75, 3.05) is 18.5 Å². The van der Waals surface area contributed by atoms with E-state index in [4.69, 9.17) is 4.98 Å². The van der Waals surface area contributed by atoms with Gasteiger partial charge in [-0.1, -0.05) is 20.8 Å². The standard InChI is InChI=1S/C16H29N3/c1-8-19(12(2)3)15-10-13(11-17-7)9-14(18-15)16(4,5)6/h9-10,12,17H,8,11H2,1-7H3. The Morgan fingerprint density at radius 1 is 1.26 bits per heavy atom. The van der Waals surface area contributed by atoms with Crippen molar-refractivity contribution in [2.45, 2.75) is 59.5 Å². The first kappa shape index (κ1) is 16.0. The fourth-order valence-corrected chi connectivity index (χ4v) is 2.20. The predicted molar refractivity (Wildman–Crippen MR) is 83.9 cm³/mol. The van der Waals surface area contributed by atoms with E-state index in [2.05, 4.69) is 63.9 Å². The van der Waals surface area contributed by atoms with E-state index in [1.807, 2.05) is 7.05 Å². The Morgan fingerprint density at radius 3 is 2.32 bits per heavy atom. The molecule has 0 unspecified atom stereocenters. The Kier molecular flexibility index (Phi) is 5.36. The largest absolute Gasteiger partial charge is 0.354 e. The Balaban J connectivity index is 3.27. The van der Waals surface area contributed by atoms with E-state index >= 15 is 0 Å². The molecule has 3 nitrogen and oxygen atoms in total. The summed E-state index contributed by atoms with van der Waals surface area (Å²) in [6.07, 6.45) is 0. The maximum atomic E-state index is 4.88. The lowest BCUT2D eigenvalue weighted by Crippen LogP contribution is -2.32. The highest BCUT2D eigenvalue weighted by atomic mass is 15.2. The van der Waals surface area contributed by atoms with E-state index in [9.17, 15) is 0 Å². The number of anilines is 1. The van der Waals surface area contributed by atoms with Crippen LogP contribution in [-0.2, 0) is 12.0 Å². The number of nitrogens with one attached hydrogen (secondary N) is 1. The molecule has 0 amide bonds. The first-order valence-corrected chi connectivity index (χ1v) is 7.22. The Morgan fingerprint density at radius 2 is 1.89 bits per heavy atom. The van der Waals surface area contributed by atoms with Gasteiger partial charge in [-0.05, 0) is 45.5 Å². The van der Waals surface area contributed by atoms with Gasteiger partial charge in [-0.15, -0.1) is 0 Å². The van der Waals surface area contributed by atoms with Crippen LogP contribution in [0.5, 0.6) is 0 Å². The Bertz CT molecular complexity index is 405. The van der Waals surface area contributed by atoms with E-state index in [-0.39, 0.29) is 5.41 Å². The minimum absolute atomic E-state index is 0.0783. The minimum atomic E-state index is 0.0783. The van der Waals surface area contributed by atoms with Gasteiger partial charge in [-0.3, -0.25) is 0 Å². The number of hydrogen-bond acceptors (Lipinski definition) is 3. The van der Waals surface area contributed by atoms with Crippen LogP contribution in [0.3, 0.4) is 0 Å². The van der Waals surface area contributed by atoms with Crippen LogP contribution >= 0.6 is 0 Å². The number of hydrogen-bond donors (Lipinski definition) is 1. The van der Waals surface area contributed by atoms with E-state index < -0.39 is 0 Å². The van der Waals surface area contributed by atoms with Crippen molar-refractivity contribution >= 4 is 5.82 Å². The molecule has 1 aromatic rings. The molecule has 19 heavy (non-hydrogen) atoms. The van der Waals surface area contributed by atoms with Gasteiger partial charge in [0, 0.05) is 30.2 Å². The number of rotatable bonds is 5. The third-order valence-corrected chi connectivity index (χ3v) is 3.28. The fourth-order valence-electron chi connectivity index (χ4n) is 2.20. The first-order chi connectivity index (χ1) is 8.79. The second-order valence-electron chi connectivity index (χ2n) is 6.38. The van der Waals surface area contributed by atoms with Crippen LogP contribution in [0.4, 0.5) is 5.82 Å². The SMILES string of the molecule is CCN(c1cc(CNC)cc(C(C)(C)C)n1)C(C)C. The molecule has 3 heteroatoms. The molecule has 0 aliphatic heterocycles. The smallest absolute Gasteiger partial charge is 0.129 e. The summed E-state index contributed by atoms with van der Waals surface area (Å²) in [5.74, 6) is 1.09. The molecule has 0 spiro atoms. The van der Waals surface area contributed by atoms with Gasteiger partial charge < -0.3 is 10.2 Å². The van der Waals surface area contributed by atoms with Crippen molar-refractivity contribution < 1.29 is 0 Å². The highest BCUT2D eigenvalue weighted by molar-refractivity contribution is 5.44. The summed E-state index contributed by atoms with van der Waals surface area (Å²) in [4.78, 5) is 7.22. The van der Waals surface area contributed by atoms with Crippen molar-refractivity contribution in [1.29, 1.82) is 0 Å². The monoisotopic (exact) mass is 263 g/mol. The van der Waals surface area contributed by atoms with Gasteiger partial charge in [0.2, 0.25) is 0 Å². The zero-order valence-corrected chi connectivity index (χ0v) is 13.5. The average molecular weight is 263 g/mol. The van der Waals surface area contributed by atoms with Gasteiger partial charge in [0.1, 0.15) is 5.82 Å². The predicted octanol–water partition coefficient (Wildman–Crippen LogP) is 3.33. The van der Waals surface area contributed by atoms with Crippen molar-refractivity contribution in [2.24, 2.45) is 0 Å². The third-order valence-electron chi connectivity index (χ3n) is 3.28.